The molecule has 1 saturated carbocycles. The van der Waals surface area contributed by atoms with Crippen LogP contribution >= 0.6 is 0 Å². The van der Waals surface area contributed by atoms with Crippen molar-refractivity contribution in [3.63, 3.8) is 0 Å². The summed E-state index contributed by atoms with van der Waals surface area (Å²) in [6, 6.07) is 5.98. The van der Waals surface area contributed by atoms with E-state index in [9.17, 15) is 9.90 Å². The molecular formula is C14H18N2O2. The van der Waals surface area contributed by atoms with Gasteiger partial charge >= 0.3 is 0 Å². The average molecular weight is 246 g/mol. The molecule has 1 amide bonds. The summed E-state index contributed by atoms with van der Waals surface area (Å²) in [6.07, 6.45) is 2.91. The summed E-state index contributed by atoms with van der Waals surface area (Å²) >= 11 is 0. The van der Waals surface area contributed by atoms with E-state index in [1.165, 1.54) is 0 Å². The summed E-state index contributed by atoms with van der Waals surface area (Å²) < 4.78 is 0. The molecule has 3 N–H and O–H groups in total. The highest BCUT2D eigenvalue weighted by molar-refractivity contribution is 5.98. The molecule has 0 saturated heterocycles. The molecular weight excluding hydrogens is 228 g/mol. The molecule has 1 heterocycles. The summed E-state index contributed by atoms with van der Waals surface area (Å²) in [5.41, 5.74) is 2.46. The lowest BCUT2D eigenvalue weighted by Gasteiger charge is -2.36. The van der Waals surface area contributed by atoms with Gasteiger partial charge < -0.3 is 15.7 Å². The van der Waals surface area contributed by atoms with Crippen molar-refractivity contribution >= 4 is 5.91 Å². The number of nitrogens with one attached hydrogen (secondary N) is 2. The Morgan fingerprint density at radius 3 is 2.94 bits per heavy atom. The Hall–Kier alpha value is -1.39. The van der Waals surface area contributed by atoms with Gasteiger partial charge in [-0.1, -0.05) is 12.1 Å². The van der Waals surface area contributed by atoms with E-state index in [1.54, 1.807) is 0 Å². The van der Waals surface area contributed by atoms with Gasteiger partial charge in [-0.15, -0.1) is 0 Å². The highest BCUT2D eigenvalue weighted by Crippen LogP contribution is 2.30. The Kier molecular flexibility index (Phi) is 2.84. The van der Waals surface area contributed by atoms with Gasteiger partial charge in [-0.25, -0.2) is 0 Å². The fourth-order valence-corrected chi connectivity index (χ4v) is 2.57. The van der Waals surface area contributed by atoms with Crippen LogP contribution in [0.5, 0.6) is 0 Å². The second kappa shape index (κ2) is 4.37. The second-order valence-corrected chi connectivity index (χ2v) is 5.36. The summed E-state index contributed by atoms with van der Waals surface area (Å²) in [7, 11) is 0. The topological polar surface area (TPSA) is 61.4 Å². The maximum atomic E-state index is 11.5. The fourth-order valence-electron chi connectivity index (χ4n) is 2.57. The van der Waals surface area contributed by atoms with Crippen LogP contribution in [0.3, 0.4) is 0 Å². The van der Waals surface area contributed by atoms with Crippen molar-refractivity contribution in [1.82, 2.24) is 10.6 Å². The molecule has 3 rings (SSSR count). The minimum Gasteiger partial charge on any atom is -0.389 e. The summed E-state index contributed by atoms with van der Waals surface area (Å²) in [6.45, 7) is 1.97. The van der Waals surface area contributed by atoms with E-state index in [2.05, 4.69) is 10.6 Å². The van der Waals surface area contributed by atoms with Crippen LogP contribution in [0.15, 0.2) is 18.2 Å². The van der Waals surface area contributed by atoms with Crippen molar-refractivity contribution in [2.75, 3.05) is 6.54 Å². The molecule has 0 radical (unpaired) electrons. The van der Waals surface area contributed by atoms with Gasteiger partial charge in [0.1, 0.15) is 0 Å². The maximum absolute atomic E-state index is 11.5. The number of aliphatic hydroxyl groups is 1. The standard InChI is InChI=1S/C14H18N2O2/c17-13-12-6-10(2-3-11(12)8-16-13)7-15-9-14(18)4-1-5-14/h2-3,6,15,18H,1,4-5,7-9H2,(H,16,17). The van der Waals surface area contributed by atoms with Crippen molar-refractivity contribution in [2.45, 2.75) is 38.0 Å². The van der Waals surface area contributed by atoms with Crippen molar-refractivity contribution in [3.05, 3.63) is 34.9 Å². The molecule has 0 unspecified atom stereocenters. The molecule has 0 atom stereocenters. The zero-order chi connectivity index (χ0) is 12.6. The van der Waals surface area contributed by atoms with E-state index >= 15 is 0 Å². The average Bonchev–Trinajstić information content (AvgIpc) is 2.69. The lowest BCUT2D eigenvalue weighted by Crippen LogP contribution is -2.45. The van der Waals surface area contributed by atoms with Gasteiger partial charge in [0.05, 0.1) is 5.60 Å². The zero-order valence-electron chi connectivity index (χ0n) is 10.3. The van der Waals surface area contributed by atoms with Gasteiger partial charge in [-0.05, 0) is 36.5 Å². The minimum absolute atomic E-state index is 0.0180. The fraction of sp³-hybridized carbons (Fsp3) is 0.500. The normalized spacial score (nSPS) is 20.2. The lowest BCUT2D eigenvalue weighted by atomic mass is 9.80. The Balaban J connectivity index is 1.60. The molecule has 1 aliphatic heterocycles. The summed E-state index contributed by atoms with van der Waals surface area (Å²) in [4.78, 5) is 11.5. The minimum atomic E-state index is -0.492. The van der Waals surface area contributed by atoms with Crippen LogP contribution in [-0.2, 0) is 13.1 Å². The van der Waals surface area contributed by atoms with Crippen LogP contribution in [0.2, 0.25) is 0 Å². The zero-order valence-corrected chi connectivity index (χ0v) is 10.3. The van der Waals surface area contributed by atoms with Crippen molar-refractivity contribution < 1.29 is 9.90 Å². The number of rotatable bonds is 4. The Labute approximate surface area is 106 Å². The number of carbonyl (C=O) groups excluding carboxylic acids is 1. The molecule has 1 aromatic rings. The third kappa shape index (κ3) is 2.13. The Morgan fingerprint density at radius 2 is 2.22 bits per heavy atom. The number of hydrogen-bond acceptors (Lipinski definition) is 3. The van der Waals surface area contributed by atoms with Gasteiger partial charge in [0.25, 0.3) is 5.91 Å². The molecule has 4 nitrogen and oxygen atoms in total. The molecule has 0 bridgehead atoms. The molecule has 0 spiro atoms. The lowest BCUT2D eigenvalue weighted by molar-refractivity contribution is -0.0314. The van der Waals surface area contributed by atoms with E-state index in [1.807, 2.05) is 18.2 Å². The SMILES string of the molecule is O=C1NCc2ccc(CNCC3(O)CCC3)cc21. The van der Waals surface area contributed by atoms with Crippen LogP contribution in [0.1, 0.15) is 40.7 Å². The first-order chi connectivity index (χ1) is 8.66. The quantitative estimate of drug-likeness (QED) is 0.741. The molecule has 18 heavy (non-hydrogen) atoms. The third-order valence-corrected chi connectivity index (χ3v) is 3.93. The molecule has 1 aliphatic carbocycles. The van der Waals surface area contributed by atoms with Crippen molar-refractivity contribution in [1.29, 1.82) is 0 Å². The Bertz CT molecular complexity index is 481. The highest BCUT2D eigenvalue weighted by Gasteiger charge is 2.33. The van der Waals surface area contributed by atoms with Gasteiger partial charge in [0.15, 0.2) is 0 Å². The second-order valence-electron chi connectivity index (χ2n) is 5.36. The van der Waals surface area contributed by atoms with Crippen LogP contribution in [-0.4, -0.2) is 23.2 Å². The smallest absolute Gasteiger partial charge is 0.251 e. The maximum Gasteiger partial charge on any atom is 0.251 e. The highest BCUT2D eigenvalue weighted by atomic mass is 16.3. The first-order valence-electron chi connectivity index (χ1n) is 6.49. The number of carbonyl (C=O) groups is 1. The number of benzene rings is 1. The van der Waals surface area contributed by atoms with Crippen LogP contribution in [0.25, 0.3) is 0 Å². The number of fused-ring (bicyclic) bond motifs is 1. The predicted octanol–water partition coefficient (Wildman–Crippen LogP) is 0.935. The summed E-state index contributed by atoms with van der Waals surface area (Å²) in [5, 5.41) is 16.0. The number of hydrogen-bond donors (Lipinski definition) is 3. The van der Waals surface area contributed by atoms with E-state index in [4.69, 9.17) is 0 Å². The molecule has 4 heteroatoms. The molecule has 1 aromatic carbocycles. The van der Waals surface area contributed by atoms with E-state index in [0.29, 0.717) is 19.6 Å². The van der Waals surface area contributed by atoms with E-state index in [-0.39, 0.29) is 5.91 Å². The molecule has 96 valence electrons. The molecule has 2 aliphatic rings. The van der Waals surface area contributed by atoms with Gasteiger partial charge in [-0.2, -0.15) is 0 Å². The molecule has 0 aromatic heterocycles. The number of amides is 1. The van der Waals surface area contributed by atoms with Crippen LogP contribution in [0.4, 0.5) is 0 Å². The predicted molar refractivity (Wildman–Crippen MR) is 68.1 cm³/mol. The van der Waals surface area contributed by atoms with Crippen LogP contribution < -0.4 is 10.6 Å². The Morgan fingerprint density at radius 1 is 1.39 bits per heavy atom. The first kappa shape index (κ1) is 11.7. The third-order valence-electron chi connectivity index (χ3n) is 3.93. The van der Waals surface area contributed by atoms with Crippen molar-refractivity contribution in [2.24, 2.45) is 0 Å². The van der Waals surface area contributed by atoms with E-state index in [0.717, 1.165) is 36.0 Å². The molecule has 1 fully saturated rings. The summed E-state index contributed by atoms with van der Waals surface area (Å²) in [5.74, 6) is 0.0180. The van der Waals surface area contributed by atoms with E-state index < -0.39 is 5.60 Å². The van der Waals surface area contributed by atoms with Gasteiger partial charge in [0.2, 0.25) is 0 Å². The van der Waals surface area contributed by atoms with Gasteiger partial charge in [0, 0.05) is 25.2 Å². The first-order valence-corrected chi connectivity index (χ1v) is 6.49. The largest absolute Gasteiger partial charge is 0.389 e. The monoisotopic (exact) mass is 246 g/mol. The van der Waals surface area contributed by atoms with Gasteiger partial charge in [-0.3, -0.25) is 4.79 Å². The van der Waals surface area contributed by atoms with Crippen molar-refractivity contribution in [3.8, 4) is 0 Å². The van der Waals surface area contributed by atoms with Crippen LogP contribution in [0, 0.1) is 0 Å².